The van der Waals surface area contributed by atoms with Gasteiger partial charge in [0.1, 0.15) is 0 Å². The highest BCUT2D eigenvalue weighted by Crippen LogP contribution is 2.21. The van der Waals surface area contributed by atoms with E-state index in [4.69, 9.17) is 0 Å². The zero-order valence-electron chi connectivity index (χ0n) is 12.9. The highest BCUT2D eigenvalue weighted by molar-refractivity contribution is 5.49. The van der Waals surface area contributed by atoms with E-state index in [1.54, 1.807) is 0 Å². The first kappa shape index (κ1) is 14.4. The van der Waals surface area contributed by atoms with Crippen LogP contribution in [0.15, 0.2) is 78.9 Å². The average molecular weight is 286 g/mol. The minimum Gasteiger partial charge on any atom is -0.363 e. The molecule has 0 spiro atoms. The molecule has 1 nitrogen and oxygen atoms in total. The van der Waals surface area contributed by atoms with E-state index in [1.165, 1.54) is 22.4 Å². The first-order valence-corrected chi connectivity index (χ1v) is 7.62. The third kappa shape index (κ3) is 3.76. The number of rotatable bonds is 5. The highest BCUT2D eigenvalue weighted by Gasteiger charge is 2.08. The van der Waals surface area contributed by atoms with Crippen molar-refractivity contribution in [2.75, 3.05) is 4.90 Å². The second-order valence-electron chi connectivity index (χ2n) is 5.56. The van der Waals surface area contributed by atoms with E-state index >= 15 is 0 Å². The molecule has 0 saturated carbocycles. The van der Waals surface area contributed by atoms with E-state index in [0.29, 0.717) is 0 Å². The molecular formula is C21H20N. The van der Waals surface area contributed by atoms with E-state index < -0.39 is 0 Å². The van der Waals surface area contributed by atoms with Gasteiger partial charge >= 0.3 is 0 Å². The van der Waals surface area contributed by atoms with Gasteiger partial charge in [-0.05, 0) is 41.8 Å². The molecule has 0 aromatic heterocycles. The van der Waals surface area contributed by atoms with Crippen LogP contribution in [0.1, 0.15) is 16.7 Å². The number of hydrogen-bond acceptors (Lipinski definition) is 1. The van der Waals surface area contributed by atoms with Crippen molar-refractivity contribution in [3.8, 4) is 0 Å². The minimum atomic E-state index is 0.902. The number of benzene rings is 3. The van der Waals surface area contributed by atoms with Gasteiger partial charge in [0.05, 0.1) is 0 Å². The number of aryl methyl sites for hydroxylation is 1. The fraction of sp³-hybridized carbons (Fsp3) is 0.143. The third-order valence-electron chi connectivity index (χ3n) is 3.73. The number of anilines is 1. The molecule has 0 aliphatic carbocycles. The molecule has 22 heavy (non-hydrogen) atoms. The molecule has 0 unspecified atom stereocenters. The van der Waals surface area contributed by atoms with Crippen molar-refractivity contribution in [3.63, 3.8) is 0 Å². The Morgan fingerprint density at radius 1 is 0.773 bits per heavy atom. The summed E-state index contributed by atoms with van der Waals surface area (Å²) in [6, 6.07) is 30.8. The molecule has 1 radical (unpaired) electrons. The van der Waals surface area contributed by atoms with Gasteiger partial charge in [-0.3, -0.25) is 0 Å². The van der Waals surface area contributed by atoms with Gasteiger partial charge in [0.15, 0.2) is 0 Å². The summed E-state index contributed by atoms with van der Waals surface area (Å²) in [5, 5.41) is 0. The van der Waals surface area contributed by atoms with Crippen molar-refractivity contribution < 1.29 is 0 Å². The zero-order valence-corrected chi connectivity index (χ0v) is 12.9. The lowest BCUT2D eigenvalue weighted by Crippen LogP contribution is -2.22. The summed E-state index contributed by atoms with van der Waals surface area (Å²) in [4.78, 5) is 2.41. The predicted molar refractivity (Wildman–Crippen MR) is 92.8 cm³/mol. The van der Waals surface area contributed by atoms with Crippen molar-refractivity contribution >= 4 is 5.69 Å². The van der Waals surface area contributed by atoms with Crippen LogP contribution in [-0.2, 0) is 13.1 Å². The van der Waals surface area contributed by atoms with Gasteiger partial charge in [-0.25, -0.2) is 0 Å². The fourth-order valence-electron chi connectivity index (χ4n) is 2.61. The lowest BCUT2D eigenvalue weighted by molar-refractivity contribution is 0.799. The normalized spacial score (nSPS) is 10.4. The van der Waals surface area contributed by atoms with Crippen molar-refractivity contribution in [1.29, 1.82) is 0 Å². The zero-order chi connectivity index (χ0) is 15.2. The smallest absolute Gasteiger partial charge is 0.0433 e. The van der Waals surface area contributed by atoms with E-state index in [9.17, 15) is 0 Å². The van der Waals surface area contributed by atoms with Gasteiger partial charge in [-0.1, -0.05) is 66.7 Å². The molecule has 1 heteroatoms. The van der Waals surface area contributed by atoms with Crippen LogP contribution in [0, 0.1) is 13.0 Å². The standard InChI is InChI=1S/C21H20N/c1-18-9-8-14-21(15-18)22(16-19-10-4-2-5-11-19)17-20-12-6-3-7-13-20/h2-8,10-15H,16-17H2,1H3. The number of hydrogen-bond donors (Lipinski definition) is 0. The first-order chi connectivity index (χ1) is 10.8. The topological polar surface area (TPSA) is 3.24 Å². The largest absolute Gasteiger partial charge is 0.363 e. The van der Waals surface area contributed by atoms with Crippen LogP contribution in [0.4, 0.5) is 5.69 Å². The van der Waals surface area contributed by atoms with Crippen molar-refractivity contribution in [1.82, 2.24) is 0 Å². The van der Waals surface area contributed by atoms with Crippen LogP contribution in [0.2, 0.25) is 0 Å². The molecule has 0 bridgehead atoms. The Kier molecular flexibility index (Phi) is 4.55. The summed E-state index contributed by atoms with van der Waals surface area (Å²) in [6.07, 6.45) is 0. The molecule has 0 heterocycles. The van der Waals surface area contributed by atoms with E-state index in [1.807, 2.05) is 6.07 Å². The van der Waals surface area contributed by atoms with Crippen LogP contribution in [0.25, 0.3) is 0 Å². The predicted octanol–water partition coefficient (Wildman–Crippen LogP) is 5.00. The minimum absolute atomic E-state index is 0.902. The maximum absolute atomic E-state index is 3.23. The van der Waals surface area contributed by atoms with Crippen LogP contribution >= 0.6 is 0 Å². The van der Waals surface area contributed by atoms with Gasteiger partial charge < -0.3 is 4.90 Å². The van der Waals surface area contributed by atoms with E-state index in [-0.39, 0.29) is 0 Å². The fourth-order valence-corrected chi connectivity index (χ4v) is 2.61. The summed E-state index contributed by atoms with van der Waals surface area (Å²) >= 11 is 0. The quantitative estimate of drug-likeness (QED) is 0.638. The van der Waals surface area contributed by atoms with Crippen LogP contribution in [0.5, 0.6) is 0 Å². The molecule has 0 atom stereocenters. The third-order valence-corrected chi connectivity index (χ3v) is 3.73. The molecule has 0 aliphatic rings. The molecular weight excluding hydrogens is 266 g/mol. The molecule has 0 saturated heterocycles. The second-order valence-corrected chi connectivity index (χ2v) is 5.56. The van der Waals surface area contributed by atoms with Crippen LogP contribution in [0.3, 0.4) is 0 Å². The summed E-state index contributed by atoms with van der Waals surface area (Å²) in [7, 11) is 0. The highest BCUT2D eigenvalue weighted by atomic mass is 15.1. The first-order valence-electron chi connectivity index (χ1n) is 7.62. The summed E-state index contributed by atoms with van der Waals surface area (Å²) in [5.41, 5.74) is 5.06. The second kappa shape index (κ2) is 6.95. The summed E-state index contributed by atoms with van der Waals surface area (Å²) < 4.78 is 0. The Morgan fingerprint density at radius 3 is 1.82 bits per heavy atom. The lowest BCUT2D eigenvalue weighted by atomic mass is 10.1. The van der Waals surface area contributed by atoms with Gasteiger partial charge in [-0.15, -0.1) is 0 Å². The van der Waals surface area contributed by atoms with Crippen molar-refractivity contribution in [2.45, 2.75) is 20.0 Å². The molecule has 3 aromatic carbocycles. The lowest BCUT2D eigenvalue weighted by Gasteiger charge is -2.25. The number of nitrogens with zero attached hydrogens (tertiary/aromatic N) is 1. The van der Waals surface area contributed by atoms with Crippen LogP contribution < -0.4 is 4.90 Å². The van der Waals surface area contributed by atoms with Gasteiger partial charge in [0.25, 0.3) is 0 Å². The van der Waals surface area contributed by atoms with Gasteiger partial charge in [0, 0.05) is 18.8 Å². The monoisotopic (exact) mass is 286 g/mol. The van der Waals surface area contributed by atoms with Gasteiger partial charge in [-0.2, -0.15) is 0 Å². The maximum atomic E-state index is 3.23. The average Bonchev–Trinajstić information content (AvgIpc) is 2.56. The summed E-state index contributed by atoms with van der Waals surface area (Å²) in [5.74, 6) is 0. The Balaban J connectivity index is 1.88. The van der Waals surface area contributed by atoms with Gasteiger partial charge in [0.2, 0.25) is 0 Å². The van der Waals surface area contributed by atoms with Crippen molar-refractivity contribution in [2.24, 2.45) is 0 Å². The van der Waals surface area contributed by atoms with E-state index in [2.05, 4.69) is 90.7 Å². The Hall–Kier alpha value is -2.54. The molecule has 0 fully saturated rings. The molecule has 0 N–H and O–H groups in total. The summed E-state index contributed by atoms with van der Waals surface area (Å²) in [6.45, 7) is 3.89. The Labute approximate surface area is 132 Å². The Morgan fingerprint density at radius 2 is 1.32 bits per heavy atom. The Bertz CT molecular complexity index is 663. The van der Waals surface area contributed by atoms with Crippen molar-refractivity contribution in [3.05, 3.63) is 102 Å². The molecule has 3 aromatic rings. The van der Waals surface area contributed by atoms with E-state index in [0.717, 1.165) is 13.1 Å². The maximum Gasteiger partial charge on any atom is 0.0433 e. The van der Waals surface area contributed by atoms with Crippen LogP contribution in [-0.4, -0.2) is 0 Å². The molecule has 0 amide bonds. The molecule has 109 valence electrons. The SMILES string of the molecule is Cc1[c]ccc(N(Cc2ccccc2)Cc2ccccc2)c1. The molecule has 3 rings (SSSR count). The molecule has 0 aliphatic heterocycles.